The lowest BCUT2D eigenvalue weighted by molar-refractivity contribution is -0.125. The van der Waals surface area contributed by atoms with Crippen molar-refractivity contribution in [2.75, 3.05) is 11.4 Å². The molecule has 3 amide bonds. The third-order valence-corrected chi connectivity index (χ3v) is 5.03. The summed E-state index contributed by atoms with van der Waals surface area (Å²) in [7, 11) is 0. The first-order chi connectivity index (χ1) is 14.3. The molecule has 2 heterocycles. The lowest BCUT2D eigenvalue weighted by Crippen LogP contribution is -2.44. The monoisotopic (exact) mass is 409 g/mol. The van der Waals surface area contributed by atoms with E-state index < -0.39 is 23.9 Å². The summed E-state index contributed by atoms with van der Waals surface area (Å²) in [4.78, 5) is 39.2. The molecule has 1 fully saturated rings. The average Bonchev–Trinajstić information content (AvgIpc) is 3.20. The molecule has 8 nitrogen and oxygen atoms in total. The van der Waals surface area contributed by atoms with E-state index in [1.807, 2.05) is 19.9 Å². The van der Waals surface area contributed by atoms with Gasteiger partial charge in [0.05, 0.1) is 5.69 Å². The largest absolute Gasteiger partial charge is 0.350 e. The van der Waals surface area contributed by atoms with Gasteiger partial charge in [-0.3, -0.25) is 19.4 Å². The van der Waals surface area contributed by atoms with E-state index in [1.165, 1.54) is 17.1 Å². The Labute approximate surface area is 172 Å². The van der Waals surface area contributed by atoms with Gasteiger partial charge in [-0.15, -0.1) is 0 Å². The van der Waals surface area contributed by atoms with Crippen LogP contribution in [0.15, 0.2) is 52.8 Å². The molecule has 0 aromatic heterocycles. The Hall–Kier alpha value is -3.62. The molecule has 1 N–H and O–H groups in total. The number of nitrogens with one attached hydrogen (secondary N) is 1. The molecular weight excluding hydrogens is 389 g/mol. The Bertz CT molecular complexity index is 1030. The van der Waals surface area contributed by atoms with Crippen LogP contribution in [0.2, 0.25) is 0 Å². The van der Waals surface area contributed by atoms with Crippen molar-refractivity contribution in [1.29, 1.82) is 0 Å². The lowest BCUT2D eigenvalue weighted by atomic mass is 10.1. The van der Waals surface area contributed by atoms with Crippen LogP contribution in [0.25, 0.3) is 0 Å². The number of hydrogen-bond acceptors (Lipinski definition) is 6. The summed E-state index contributed by atoms with van der Waals surface area (Å²) in [6.45, 7) is 3.77. The van der Waals surface area contributed by atoms with Crippen LogP contribution >= 0.6 is 0 Å². The van der Waals surface area contributed by atoms with Gasteiger partial charge in [0.1, 0.15) is 12.4 Å². The minimum atomic E-state index is -0.955. The van der Waals surface area contributed by atoms with Crippen LogP contribution in [0.5, 0.6) is 0 Å². The number of fused-ring (bicyclic) bond motifs is 1. The first-order valence-corrected chi connectivity index (χ1v) is 9.48. The summed E-state index contributed by atoms with van der Waals surface area (Å²) in [6.07, 6.45) is 0. The molecule has 0 aliphatic carbocycles. The van der Waals surface area contributed by atoms with Crippen LogP contribution in [0.1, 0.15) is 16.7 Å². The predicted octanol–water partition coefficient (Wildman–Crippen LogP) is 2.05. The fourth-order valence-corrected chi connectivity index (χ4v) is 3.69. The number of nitrogens with zero attached hydrogens (tertiary/aromatic N) is 4. The number of imide groups is 1. The molecule has 2 atom stereocenters. The number of halogens is 1. The highest BCUT2D eigenvalue weighted by molar-refractivity contribution is 6.25. The van der Waals surface area contributed by atoms with E-state index in [0.29, 0.717) is 5.69 Å². The number of rotatable bonds is 5. The van der Waals surface area contributed by atoms with Crippen LogP contribution in [0, 0.1) is 19.7 Å². The quantitative estimate of drug-likeness (QED) is 0.765. The maximum atomic E-state index is 13.0. The summed E-state index contributed by atoms with van der Waals surface area (Å²) in [6, 6.07) is 9.35. The first kappa shape index (κ1) is 19.7. The zero-order chi connectivity index (χ0) is 21.4. The number of hydrogen-bond donors (Lipinski definition) is 1. The second-order valence-electron chi connectivity index (χ2n) is 7.45. The van der Waals surface area contributed by atoms with Crippen molar-refractivity contribution in [3.8, 4) is 0 Å². The molecule has 2 aromatic rings. The van der Waals surface area contributed by atoms with Crippen LogP contribution in [0.4, 0.5) is 10.1 Å². The Morgan fingerprint density at radius 2 is 1.73 bits per heavy atom. The summed E-state index contributed by atoms with van der Waals surface area (Å²) in [5, 5.41) is 11.7. The van der Waals surface area contributed by atoms with E-state index in [-0.39, 0.29) is 24.8 Å². The zero-order valence-corrected chi connectivity index (χ0v) is 16.5. The molecular formula is C21H20FN5O3. The van der Waals surface area contributed by atoms with E-state index in [2.05, 4.69) is 15.7 Å². The highest BCUT2D eigenvalue weighted by Crippen LogP contribution is 2.32. The van der Waals surface area contributed by atoms with Crippen LogP contribution < -0.4 is 10.2 Å². The summed E-state index contributed by atoms with van der Waals surface area (Å²) in [5.41, 5.74) is 3.09. The molecule has 0 spiro atoms. The second kappa shape index (κ2) is 7.66. The van der Waals surface area contributed by atoms with Crippen LogP contribution in [0.3, 0.4) is 0 Å². The molecule has 2 aliphatic heterocycles. The summed E-state index contributed by atoms with van der Waals surface area (Å²) in [5.74, 6) is -1.64. The minimum absolute atomic E-state index is 0.208. The van der Waals surface area contributed by atoms with Crippen molar-refractivity contribution in [2.24, 2.45) is 10.3 Å². The number of benzene rings is 2. The second-order valence-corrected chi connectivity index (χ2v) is 7.45. The fraction of sp³-hybridized carbons (Fsp3) is 0.286. The van der Waals surface area contributed by atoms with Gasteiger partial charge in [0, 0.05) is 6.54 Å². The van der Waals surface area contributed by atoms with Crippen molar-refractivity contribution in [3.63, 3.8) is 0 Å². The number of aryl methyl sites for hydroxylation is 2. The van der Waals surface area contributed by atoms with Gasteiger partial charge in [-0.2, -0.15) is 5.11 Å². The summed E-state index contributed by atoms with van der Waals surface area (Å²) < 4.78 is 13.0. The topological polar surface area (TPSA) is 94.4 Å². The number of anilines is 1. The number of carbonyl (C=O) groups is 3. The summed E-state index contributed by atoms with van der Waals surface area (Å²) >= 11 is 0. The number of carbonyl (C=O) groups excluding carboxylic acids is 3. The lowest BCUT2D eigenvalue weighted by Gasteiger charge is -2.20. The van der Waals surface area contributed by atoms with Gasteiger partial charge in [0.2, 0.25) is 5.91 Å². The molecule has 0 radical (unpaired) electrons. The molecule has 154 valence electrons. The van der Waals surface area contributed by atoms with Gasteiger partial charge < -0.3 is 5.32 Å². The number of amides is 3. The molecule has 1 saturated heterocycles. The Balaban J connectivity index is 1.44. The first-order valence-electron chi connectivity index (χ1n) is 9.48. The maximum Gasteiger partial charge on any atom is 0.263 e. The van der Waals surface area contributed by atoms with Crippen LogP contribution in [-0.2, 0) is 20.9 Å². The fourth-order valence-electron chi connectivity index (χ4n) is 3.69. The average molecular weight is 409 g/mol. The minimum Gasteiger partial charge on any atom is -0.350 e. The van der Waals surface area contributed by atoms with E-state index >= 15 is 0 Å². The standard InChI is InChI=1S/C21H20FN5O3/c1-12-7-13(2)9-16(8-12)27-20(29)18-19(21(27)30)26(25-24-18)11-17(28)23-10-14-3-5-15(22)6-4-14/h3-9,18-19H,10-11H2,1-2H3,(H,23,28)/t18-,19-/m1/s1. The van der Waals surface area contributed by atoms with Crippen molar-refractivity contribution in [3.05, 3.63) is 65.0 Å². The van der Waals surface area contributed by atoms with Gasteiger partial charge in [-0.1, -0.05) is 23.4 Å². The van der Waals surface area contributed by atoms with Gasteiger partial charge >= 0.3 is 0 Å². The van der Waals surface area contributed by atoms with E-state index in [4.69, 9.17) is 0 Å². The molecule has 30 heavy (non-hydrogen) atoms. The van der Waals surface area contributed by atoms with Gasteiger partial charge in [0.15, 0.2) is 12.1 Å². The molecule has 0 bridgehead atoms. The zero-order valence-electron chi connectivity index (χ0n) is 16.5. The predicted molar refractivity (Wildman–Crippen MR) is 106 cm³/mol. The van der Waals surface area contributed by atoms with E-state index in [9.17, 15) is 18.8 Å². The van der Waals surface area contributed by atoms with Gasteiger partial charge in [-0.25, -0.2) is 9.29 Å². The van der Waals surface area contributed by atoms with Gasteiger partial charge in [-0.05, 0) is 54.8 Å². The normalized spacial score (nSPS) is 20.1. The van der Waals surface area contributed by atoms with E-state index in [1.54, 1.807) is 24.3 Å². The highest BCUT2D eigenvalue weighted by atomic mass is 19.1. The SMILES string of the molecule is Cc1cc(C)cc(N2C(=O)[C@@H]3N=NN(CC(=O)NCc4ccc(F)cc4)[C@H]3C2=O)c1. The maximum absolute atomic E-state index is 13.0. The third kappa shape index (κ3) is 3.66. The molecule has 2 aliphatic rings. The highest BCUT2D eigenvalue weighted by Gasteiger charge is 2.55. The Morgan fingerprint density at radius 1 is 1.07 bits per heavy atom. The van der Waals surface area contributed by atoms with Crippen molar-refractivity contribution in [2.45, 2.75) is 32.5 Å². The Morgan fingerprint density at radius 3 is 2.40 bits per heavy atom. The van der Waals surface area contributed by atoms with Crippen molar-refractivity contribution in [1.82, 2.24) is 10.3 Å². The molecule has 0 saturated carbocycles. The smallest absolute Gasteiger partial charge is 0.263 e. The third-order valence-electron chi connectivity index (χ3n) is 5.03. The molecule has 0 unspecified atom stereocenters. The Kier molecular flexibility index (Phi) is 5.03. The van der Waals surface area contributed by atoms with E-state index in [0.717, 1.165) is 21.6 Å². The van der Waals surface area contributed by atoms with Crippen molar-refractivity contribution >= 4 is 23.4 Å². The molecule has 9 heteroatoms. The van der Waals surface area contributed by atoms with Crippen molar-refractivity contribution < 1.29 is 18.8 Å². The van der Waals surface area contributed by atoms with Gasteiger partial charge in [0.25, 0.3) is 11.8 Å². The molecule has 2 aromatic carbocycles. The molecule has 4 rings (SSSR count). The van der Waals surface area contributed by atoms with Crippen LogP contribution in [-0.4, -0.2) is 41.4 Å².